The van der Waals surface area contributed by atoms with Crippen LogP contribution in [-0.2, 0) is 11.0 Å². The molecule has 1 atom stereocenters. The Kier molecular flexibility index (Phi) is 5.08. The van der Waals surface area contributed by atoms with E-state index < -0.39 is 35.2 Å². The highest BCUT2D eigenvalue weighted by molar-refractivity contribution is 5.94. The van der Waals surface area contributed by atoms with Gasteiger partial charge in [-0.1, -0.05) is 0 Å². The summed E-state index contributed by atoms with van der Waals surface area (Å²) in [6.07, 6.45) is -5.75. The highest BCUT2D eigenvalue weighted by Gasteiger charge is 2.34. The third-order valence-electron chi connectivity index (χ3n) is 3.82. The van der Waals surface area contributed by atoms with E-state index in [2.05, 4.69) is 5.32 Å². The number of halogens is 4. The number of amides is 1. The molecule has 146 valence electrons. The summed E-state index contributed by atoms with van der Waals surface area (Å²) in [5, 5.41) is 2.21. The second-order valence-electron chi connectivity index (χ2n) is 5.89. The molecule has 5 nitrogen and oxygen atoms in total. The van der Waals surface area contributed by atoms with Crippen molar-refractivity contribution in [2.75, 3.05) is 5.32 Å². The van der Waals surface area contributed by atoms with Crippen LogP contribution in [-0.4, -0.2) is 12.0 Å². The molecule has 3 aromatic rings. The molecule has 3 rings (SSSR count). The maximum atomic E-state index is 13.1. The molecule has 0 saturated heterocycles. The monoisotopic (exact) mass is 395 g/mol. The summed E-state index contributed by atoms with van der Waals surface area (Å²) in [5.41, 5.74) is -2.24. The smallest absolute Gasteiger partial charge is 0.417 e. The lowest BCUT2D eigenvalue weighted by Crippen LogP contribution is -2.30. The first-order chi connectivity index (χ1) is 13.1. The van der Waals surface area contributed by atoms with Gasteiger partial charge in [-0.05, 0) is 43.3 Å². The normalized spacial score (nSPS) is 12.6. The maximum absolute atomic E-state index is 13.1. The molecule has 0 aliphatic carbocycles. The summed E-state index contributed by atoms with van der Waals surface area (Å²) in [7, 11) is 0. The predicted octanol–water partition coefficient (Wildman–Crippen LogP) is 4.36. The molecule has 0 radical (unpaired) electrons. The van der Waals surface area contributed by atoms with Crippen LogP contribution in [0.2, 0.25) is 0 Å². The van der Waals surface area contributed by atoms with Crippen molar-refractivity contribution in [3.05, 3.63) is 70.3 Å². The molecule has 1 aromatic heterocycles. The van der Waals surface area contributed by atoms with E-state index in [1.165, 1.54) is 37.3 Å². The Balaban J connectivity index is 1.81. The molecule has 0 fully saturated rings. The highest BCUT2D eigenvalue weighted by atomic mass is 19.4. The van der Waals surface area contributed by atoms with Crippen LogP contribution in [0.4, 0.5) is 23.2 Å². The summed E-state index contributed by atoms with van der Waals surface area (Å²) in [5.74, 6) is -0.980. The molecule has 28 heavy (non-hydrogen) atoms. The van der Waals surface area contributed by atoms with E-state index in [9.17, 15) is 27.2 Å². The standard InChI is InChI=1S/C19H13F4NO4/c1-10(18(26)24-12-4-2-11(20)3-5-12)27-13-6-7-14-15(19(21,22)23)9-17(25)28-16(14)8-13/h2-10H,1H3,(H,24,26). The number of carbonyl (C=O) groups excluding carboxylic acids is 1. The summed E-state index contributed by atoms with van der Waals surface area (Å²) in [6.45, 7) is 1.42. The third-order valence-corrected chi connectivity index (χ3v) is 3.82. The van der Waals surface area contributed by atoms with Gasteiger partial charge in [0.15, 0.2) is 6.10 Å². The summed E-state index contributed by atoms with van der Waals surface area (Å²) < 4.78 is 62.3. The molecule has 1 heterocycles. The van der Waals surface area contributed by atoms with E-state index in [1.807, 2.05) is 0 Å². The van der Waals surface area contributed by atoms with Crippen LogP contribution in [0.5, 0.6) is 5.75 Å². The van der Waals surface area contributed by atoms with Gasteiger partial charge in [-0.2, -0.15) is 13.2 Å². The molecule has 1 N–H and O–H groups in total. The molecule has 0 aliphatic heterocycles. The second-order valence-corrected chi connectivity index (χ2v) is 5.89. The maximum Gasteiger partial charge on any atom is 0.417 e. The SMILES string of the molecule is CC(Oc1ccc2c(C(F)(F)F)cc(=O)oc2c1)C(=O)Nc1ccc(F)cc1. The molecular weight excluding hydrogens is 382 g/mol. The molecule has 1 amide bonds. The number of hydrogen-bond acceptors (Lipinski definition) is 4. The Bertz CT molecular complexity index is 1070. The first-order valence-electron chi connectivity index (χ1n) is 8.02. The minimum absolute atomic E-state index is 0.0386. The molecule has 9 heteroatoms. The van der Waals surface area contributed by atoms with Crippen LogP contribution in [0.15, 0.2) is 57.7 Å². The van der Waals surface area contributed by atoms with Gasteiger partial charge < -0.3 is 14.5 Å². The number of hydrogen-bond donors (Lipinski definition) is 1. The van der Waals surface area contributed by atoms with Crippen molar-refractivity contribution in [3.8, 4) is 5.75 Å². The van der Waals surface area contributed by atoms with Gasteiger partial charge in [0.2, 0.25) is 0 Å². The molecule has 0 saturated carbocycles. The summed E-state index contributed by atoms with van der Waals surface area (Å²) in [6, 6.07) is 8.89. The average molecular weight is 395 g/mol. The van der Waals surface area contributed by atoms with Gasteiger partial charge in [0.25, 0.3) is 5.91 Å². The Morgan fingerprint density at radius 2 is 1.79 bits per heavy atom. The number of fused-ring (bicyclic) bond motifs is 1. The lowest BCUT2D eigenvalue weighted by atomic mass is 10.1. The van der Waals surface area contributed by atoms with Gasteiger partial charge in [0.05, 0.1) is 5.56 Å². The number of rotatable bonds is 4. The molecular formula is C19H13F4NO4. The number of nitrogens with one attached hydrogen (secondary N) is 1. The minimum atomic E-state index is -4.72. The van der Waals surface area contributed by atoms with E-state index >= 15 is 0 Å². The molecule has 1 unspecified atom stereocenters. The summed E-state index contributed by atoms with van der Waals surface area (Å²) in [4.78, 5) is 23.6. The van der Waals surface area contributed by atoms with Crippen molar-refractivity contribution in [2.45, 2.75) is 19.2 Å². The van der Waals surface area contributed by atoms with Crippen molar-refractivity contribution in [1.29, 1.82) is 0 Å². The number of ether oxygens (including phenoxy) is 1. The van der Waals surface area contributed by atoms with Crippen LogP contribution < -0.4 is 15.7 Å². The Morgan fingerprint density at radius 1 is 1.11 bits per heavy atom. The van der Waals surface area contributed by atoms with Crippen molar-refractivity contribution < 1.29 is 31.5 Å². The average Bonchev–Trinajstić information content (AvgIpc) is 2.61. The van der Waals surface area contributed by atoms with Crippen molar-refractivity contribution >= 4 is 22.6 Å². The zero-order valence-electron chi connectivity index (χ0n) is 14.3. The number of alkyl halides is 3. The van der Waals surface area contributed by atoms with E-state index in [0.717, 1.165) is 12.1 Å². The van der Waals surface area contributed by atoms with Crippen LogP contribution >= 0.6 is 0 Å². The number of carbonyl (C=O) groups is 1. The Hall–Kier alpha value is -3.36. The van der Waals surface area contributed by atoms with Crippen molar-refractivity contribution in [2.24, 2.45) is 0 Å². The molecule has 2 aromatic carbocycles. The number of anilines is 1. The molecule has 0 bridgehead atoms. The van der Waals surface area contributed by atoms with E-state index in [1.54, 1.807) is 0 Å². The number of benzene rings is 2. The van der Waals surface area contributed by atoms with Crippen LogP contribution in [0.1, 0.15) is 12.5 Å². The van der Waals surface area contributed by atoms with E-state index in [0.29, 0.717) is 11.8 Å². The second kappa shape index (κ2) is 7.34. The quantitative estimate of drug-likeness (QED) is 0.527. The van der Waals surface area contributed by atoms with Gasteiger partial charge in [-0.25, -0.2) is 9.18 Å². The first kappa shape index (κ1) is 19.4. The fourth-order valence-electron chi connectivity index (χ4n) is 2.49. The van der Waals surface area contributed by atoms with Crippen molar-refractivity contribution in [3.63, 3.8) is 0 Å². The predicted molar refractivity (Wildman–Crippen MR) is 92.6 cm³/mol. The van der Waals surface area contributed by atoms with Crippen LogP contribution in [0.25, 0.3) is 11.0 Å². The lowest BCUT2D eigenvalue weighted by molar-refractivity contribution is -0.136. The Morgan fingerprint density at radius 3 is 2.43 bits per heavy atom. The first-order valence-corrected chi connectivity index (χ1v) is 8.02. The van der Waals surface area contributed by atoms with Crippen LogP contribution in [0, 0.1) is 5.82 Å². The summed E-state index contributed by atoms with van der Waals surface area (Å²) >= 11 is 0. The Labute approximate surface area is 155 Å². The molecule has 0 aliphatic rings. The minimum Gasteiger partial charge on any atom is -0.481 e. The van der Waals surface area contributed by atoms with Gasteiger partial charge in [-0.3, -0.25) is 4.79 Å². The van der Waals surface area contributed by atoms with Gasteiger partial charge in [0, 0.05) is 23.2 Å². The van der Waals surface area contributed by atoms with Gasteiger partial charge >= 0.3 is 11.8 Å². The zero-order chi connectivity index (χ0) is 20.5. The fraction of sp³-hybridized carbons (Fsp3) is 0.158. The third kappa shape index (κ3) is 4.30. The molecule has 0 spiro atoms. The lowest BCUT2D eigenvalue weighted by Gasteiger charge is -2.15. The highest BCUT2D eigenvalue weighted by Crippen LogP contribution is 2.35. The van der Waals surface area contributed by atoms with Crippen LogP contribution in [0.3, 0.4) is 0 Å². The van der Waals surface area contributed by atoms with Gasteiger partial charge in [0.1, 0.15) is 17.1 Å². The van der Waals surface area contributed by atoms with Gasteiger partial charge in [-0.15, -0.1) is 0 Å². The largest absolute Gasteiger partial charge is 0.481 e. The zero-order valence-corrected chi connectivity index (χ0v) is 14.3. The van der Waals surface area contributed by atoms with Crippen molar-refractivity contribution in [1.82, 2.24) is 0 Å². The van der Waals surface area contributed by atoms with E-state index in [-0.39, 0.29) is 16.7 Å². The van der Waals surface area contributed by atoms with E-state index in [4.69, 9.17) is 9.15 Å². The topological polar surface area (TPSA) is 68.5 Å². The fourth-order valence-corrected chi connectivity index (χ4v) is 2.49.